The van der Waals surface area contributed by atoms with Crippen LogP contribution >= 0.6 is 0 Å². The molecule has 8 aromatic rings. The number of hydrogen-bond acceptors (Lipinski definition) is 15. The first kappa shape index (κ1) is 72.2. The van der Waals surface area contributed by atoms with E-state index in [2.05, 4.69) is 13.8 Å². The fourth-order valence-corrected chi connectivity index (χ4v) is 9.75. The third-order valence-electron chi connectivity index (χ3n) is 15.0. The summed E-state index contributed by atoms with van der Waals surface area (Å²) in [6, 6.07) is 51.6. The second-order valence-corrected chi connectivity index (χ2v) is 22.5. The fourth-order valence-electron chi connectivity index (χ4n) is 9.75. The lowest BCUT2D eigenvalue weighted by Gasteiger charge is -2.19. The number of unbranched alkanes of at least 4 members (excludes halogenated alkanes) is 2. The summed E-state index contributed by atoms with van der Waals surface area (Å²) in [6.45, 7) is 11.8. The molecule has 0 aromatic heterocycles. The maximum absolute atomic E-state index is 15.8. The molecule has 17 heteroatoms. The highest BCUT2D eigenvalue weighted by Gasteiger charge is 2.34. The SMILES string of the molecule is CCCCOc1cc(OCCCN)cc(-c2ccc(C(F)(F)c3ccc(-c4cc(OCCCN)cc(OCCCN)c4)cc3)cc2)c1.CCCCOc1cc(OCCCN)cc(-c2ccc([C@H](O)c3ccc(-c4cc(OCCCN)cc(OCCCN)c4)cc3)cc2)c1. The van der Waals surface area contributed by atoms with Crippen LogP contribution in [0.3, 0.4) is 0 Å². The summed E-state index contributed by atoms with van der Waals surface area (Å²) in [7, 11) is 0. The van der Waals surface area contributed by atoms with E-state index < -0.39 is 12.0 Å². The van der Waals surface area contributed by atoms with Gasteiger partial charge >= 0.3 is 0 Å². The zero-order chi connectivity index (χ0) is 66.1. The molecule has 93 heavy (non-hydrogen) atoms. The van der Waals surface area contributed by atoms with Gasteiger partial charge in [0.15, 0.2) is 0 Å². The molecular formula is C76H96F2N6O9. The van der Waals surface area contributed by atoms with Crippen molar-refractivity contribution in [1.82, 2.24) is 0 Å². The van der Waals surface area contributed by atoms with Gasteiger partial charge in [0.05, 0.1) is 52.9 Å². The number of ether oxygens (including phenoxy) is 8. The fraction of sp³-hybridized carbons (Fsp3) is 0.368. The highest BCUT2D eigenvalue weighted by Crippen LogP contribution is 2.40. The van der Waals surface area contributed by atoms with Crippen LogP contribution in [0.5, 0.6) is 46.0 Å². The van der Waals surface area contributed by atoms with Crippen molar-refractivity contribution >= 4 is 0 Å². The van der Waals surface area contributed by atoms with Crippen molar-refractivity contribution in [3.8, 4) is 90.5 Å². The van der Waals surface area contributed by atoms with Gasteiger partial charge in [-0.2, -0.15) is 8.78 Å². The molecule has 0 heterocycles. The lowest BCUT2D eigenvalue weighted by Crippen LogP contribution is -2.15. The third-order valence-corrected chi connectivity index (χ3v) is 15.0. The first-order valence-corrected chi connectivity index (χ1v) is 32.7. The summed E-state index contributed by atoms with van der Waals surface area (Å²) in [4.78, 5) is 0. The van der Waals surface area contributed by atoms with E-state index in [9.17, 15) is 5.11 Å². The number of aliphatic hydroxyl groups excluding tert-OH is 1. The predicted octanol–water partition coefficient (Wildman–Crippen LogP) is 14.0. The van der Waals surface area contributed by atoms with Crippen LogP contribution in [0.4, 0.5) is 8.78 Å². The molecule has 0 radical (unpaired) electrons. The molecule has 0 fully saturated rings. The van der Waals surface area contributed by atoms with Crippen LogP contribution < -0.4 is 72.3 Å². The predicted molar refractivity (Wildman–Crippen MR) is 370 cm³/mol. The number of aliphatic hydroxyl groups is 1. The van der Waals surface area contributed by atoms with Crippen LogP contribution in [-0.2, 0) is 5.92 Å². The van der Waals surface area contributed by atoms with Crippen LogP contribution in [0.2, 0.25) is 0 Å². The second kappa shape index (κ2) is 39.3. The Hall–Kier alpha value is -8.26. The summed E-state index contributed by atoms with van der Waals surface area (Å²) in [6.07, 6.45) is 7.69. The Kier molecular flexibility index (Phi) is 30.5. The summed E-state index contributed by atoms with van der Waals surface area (Å²) >= 11 is 0. The van der Waals surface area contributed by atoms with Crippen molar-refractivity contribution in [3.63, 3.8) is 0 Å². The van der Waals surface area contributed by atoms with Crippen LogP contribution in [0.15, 0.2) is 170 Å². The second-order valence-electron chi connectivity index (χ2n) is 22.5. The lowest BCUT2D eigenvalue weighted by atomic mass is 9.95. The molecule has 0 bridgehead atoms. The van der Waals surface area contributed by atoms with Gasteiger partial charge in [-0.3, -0.25) is 0 Å². The molecule has 0 saturated carbocycles. The van der Waals surface area contributed by atoms with E-state index in [1.54, 1.807) is 24.3 Å². The molecule has 0 aliphatic carbocycles. The molecule has 0 amide bonds. The third kappa shape index (κ3) is 23.1. The molecule has 8 aromatic carbocycles. The molecular weight excluding hydrogens is 1180 g/mol. The largest absolute Gasteiger partial charge is 0.493 e. The van der Waals surface area contributed by atoms with Crippen molar-refractivity contribution in [2.45, 2.75) is 90.1 Å². The van der Waals surface area contributed by atoms with Crippen LogP contribution in [-0.4, -0.2) is 97.2 Å². The highest BCUT2D eigenvalue weighted by atomic mass is 19.3. The van der Waals surface area contributed by atoms with Gasteiger partial charge in [0.25, 0.3) is 5.92 Å². The maximum Gasteiger partial charge on any atom is 0.298 e. The average Bonchev–Trinajstić information content (AvgIpc) is 0.832. The van der Waals surface area contributed by atoms with Crippen molar-refractivity contribution in [1.29, 1.82) is 0 Å². The summed E-state index contributed by atoms with van der Waals surface area (Å²) in [5.41, 5.74) is 42.3. The monoisotopic (exact) mass is 1270 g/mol. The van der Waals surface area contributed by atoms with Gasteiger partial charge in [-0.25, -0.2) is 0 Å². The average molecular weight is 1280 g/mol. The van der Waals surface area contributed by atoms with Crippen molar-refractivity contribution in [2.75, 3.05) is 92.1 Å². The van der Waals surface area contributed by atoms with E-state index in [-0.39, 0.29) is 11.1 Å². The first-order chi connectivity index (χ1) is 45.4. The Balaban J connectivity index is 0.000000264. The Morgan fingerprint density at radius 1 is 0.290 bits per heavy atom. The summed E-state index contributed by atoms with van der Waals surface area (Å²) < 4.78 is 79.0. The molecule has 13 N–H and O–H groups in total. The molecule has 0 spiro atoms. The van der Waals surface area contributed by atoms with Crippen molar-refractivity contribution in [2.24, 2.45) is 34.4 Å². The zero-order valence-corrected chi connectivity index (χ0v) is 54.1. The van der Waals surface area contributed by atoms with Gasteiger partial charge in [-0.15, -0.1) is 0 Å². The molecule has 498 valence electrons. The summed E-state index contributed by atoms with van der Waals surface area (Å²) in [5.74, 6) is 2.36. The van der Waals surface area contributed by atoms with Gasteiger partial charge in [0, 0.05) is 35.4 Å². The van der Waals surface area contributed by atoms with E-state index in [0.717, 1.165) is 130 Å². The lowest BCUT2D eigenvalue weighted by molar-refractivity contribution is 0.0428. The number of benzene rings is 8. The molecule has 0 unspecified atom stereocenters. The van der Waals surface area contributed by atoms with Gasteiger partial charge in [0.1, 0.15) is 52.1 Å². The number of rotatable bonds is 40. The minimum absolute atomic E-state index is 0.102. The van der Waals surface area contributed by atoms with E-state index in [0.29, 0.717) is 128 Å². The van der Waals surface area contributed by atoms with Crippen LogP contribution in [0.25, 0.3) is 44.5 Å². The Bertz CT molecular complexity index is 3090. The topological polar surface area (TPSA) is 250 Å². The van der Waals surface area contributed by atoms with Crippen LogP contribution in [0.1, 0.15) is 106 Å². The quantitative estimate of drug-likeness (QED) is 0.0176. The minimum atomic E-state index is -3.21. The van der Waals surface area contributed by atoms with Gasteiger partial charge in [-0.1, -0.05) is 124 Å². The Morgan fingerprint density at radius 2 is 0.484 bits per heavy atom. The number of nitrogens with two attached hydrogens (primary N) is 6. The zero-order valence-electron chi connectivity index (χ0n) is 54.1. The molecule has 8 rings (SSSR count). The molecule has 0 aliphatic heterocycles. The smallest absolute Gasteiger partial charge is 0.298 e. The highest BCUT2D eigenvalue weighted by molar-refractivity contribution is 5.71. The minimum Gasteiger partial charge on any atom is -0.493 e. The van der Waals surface area contributed by atoms with E-state index in [1.165, 1.54) is 24.3 Å². The van der Waals surface area contributed by atoms with Crippen molar-refractivity contribution < 1.29 is 51.8 Å². The van der Waals surface area contributed by atoms with Crippen LogP contribution in [0, 0.1) is 0 Å². The first-order valence-electron chi connectivity index (χ1n) is 32.7. The standard InChI is InChI=1S/C38H47F2N3O4.C38H49N3O5/c1-2-3-18-44-34-22-30(23-35(26-34)45-19-4-15-41)28-7-11-32(12-8-28)38(39,40)33-13-9-29(10-14-33)31-24-36(46-20-5-16-42)27-37(25-31)47-21-6-17-43;1-2-3-18-43-34-22-32(23-35(26-34)44-19-4-15-39)28-7-11-30(12-8-28)38(42)31-13-9-29(10-14-31)33-24-36(45-20-5-16-40)27-37(25-33)46-21-6-17-41/h7-14,22-27H,2-6,15-21,41-43H2,1H3;7-14,22-27,38,42H,2-6,15-21,39-41H2,1H3/t;38-/m.0/s1. The van der Waals surface area contributed by atoms with E-state index in [1.807, 2.05) is 121 Å². The normalized spacial score (nSPS) is 11.5. The Labute approximate surface area is 548 Å². The Morgan fingerprint density at radius 3 is 0.677 bits per heavy atom. The van der Waals surface area contributed by atoms with Crippen molar-refractivity contribution in [3.05, 3.63) is 192 Å². The van der Waals surface area contributed by atoms with Gasteiger partial charge < -0.3 is 77.4 Å². The number of hydrogen-bond donors (Lipinski definition) is 7. The molecule has 15 nitrogen and oxygen atoms in total. The number of halogens is 2. The van der Waals surface area contributed by atoms with Gasteiger partial charge in [0.2, 0.25) is 0 Å². The van der Waals surface area contributed by atoms with Gasteiger partial charge in [-0.05, 0) is 195 Å². The summed E-state index contributed by atoms with van der Waals surface area (Å²) in [5, 5.41) is 11.3. The molecule has 1 atom stereocenters. The van der Waals surface area contributed by atoms with E-state index >= 15 is 8.78 Å². The molecule has 0 saturated heterocycles. The van der Waals surface area contributed by atoms with E-state index in [4.69, 9.17) is 72.3 Å². The maximum atomic E-state index is 15.8. The number of alkyl halides is 2. The molecule has 0 aliphatic rings.